The molecular weight excluding hydrogens is 498 g/mol. The number of rotatable bonds is 7. The smallest absolute Gasteiger partial charge is 0.226 e. The number of methoxy groups -OCH3 is 1. The molecule has 10 heteroatoms. The maximum atomic E-state index is 12.7. The number of carbonyl (C=O) groups excluding carboxylic acids is 1. The van der Waals surface area contributed by atoms with E-state index in [9.17, 15) is 4.79 Å². The van der Waals surface area contributed by atoms with Gasteiger partial charge in [0.25, 0.3) is 0 Å². The van der Waals surface area contributed by atoms with Gasteiger partial charge in [-0.2, -0.15) is 10.1 Å². The summed E-state index contributed by atoms with van der Waals surface area (Å²) in [6.07, 6.45) is 5.95. The lowest BCUT2D eigenvalue weighted by Crippen LogP contribution is -2.39. The Bertz CT molecular complexity index is 1360. The summed E-state index contributed by atoms with van der Waals surface area (Å²) in [7, 11) is 1.63. The lowest BCUT2D eigenvalue weighted by Gasteiger charge is -2.23. The van der Waals surface area contributed by atoms with Crippen molar-refractivity contribution in [3.63, 3.8) is 0 Å². The summed E-state index contributed by atoms with van der Waals surface area (Å²) < 4.78 is 7.52. The molecule has 34 heavy (non-hydrogen) atoms. The maximum absolute atomic E-state index is 12.7. The van der Waals surface area contributed by atoms with Gasteiger partial charge in [0, 0.05) is 42.9 Å². The molecule has 0 unspecified atom stereocenters. The Morgan fingerprint density at radius 3 is 3.06 bits per heavy atom. The van der Waals surface area contributed by atoms with E-state index in [2.05, 4.69) is 41.6 Å². The van der Waals surface area contributed by atoms with Crippen LogP contribution < -0.4 is 10.6 Å². The first-order chi connectivity index (χ1) is 16.5. The number of nitrogens with one attached hydrogen (secondary N) is 2. The van der Waals surface area contributed by atoms with Crippen molar-refractivity contribution in [1.29, 1.82) is 0 Å². The molecule has 2 N–H and O–H groups in total. The van der Waals surface area contributed by atoms with Crippen LogP contribution >= 0.6 is 15.9 Å². The fraction of sp³-hybridized carbons (Fsp3) is 0.375. The van der Waals surface area contributed by atoms with Gasteiger partial charge in [0.2, 0.25) is 11.9 Å². The maximum Gasteiger partial charge on any atom is 0.226 e. The van der Waals surface area contributed by atoms with E-state index < -0.39 is 5.41 Å². The van der Waals surface area contributed by atoms with Crippen LogP contribution in [0.3, 0.4) is 0 Å². The second-order valence-electron chi connectivity index (χ2n) is 8.91. The van der Waals surface area contributed by atoms with E-state index in [1.807, 2.05) is 37.3 Å². The van der Waals surface area contributed by atoms with Crippen LogP contribution in [0.25, 0.3) is 27.6 Å². The Balaban J connectivity index is 1.38. The number of halogens is 1. The van der Waals surface area contributed by atoms with E-state index in [1.54, 1.807) is 24.2 Å². The summed E-state index contributed by atoms with van der Waals surface area (Å²) >= 11 is 3.54. The minimum absolute atomic E-state index is 0.0676. The lowest BCUT2D eigenvalue weighted by atomic mass is 9.87. The summed E-state index contributed by atoms with van der Waals surface area (Å²) in [5, 5.41) is 12.9. The molecule has 1 aliphatic rings. The summed E-state index contributed by atoms with van der Waals surface area (Å²) in [5.74, 6) is 0.593. The van der Waals surface area contributed by atoms with E-state index in [1.165, 1.54) is 0 Å². The van der Waals surface area contributed by atoms with Crippen molar-refractivity contribution in [2.24, 2.45) is 5.41 Å². The first kappa shape index (κ1) is 22.7. The molecule has 0 saturated heterocycles. The van der Waals surface area contributed by atoms with E-state index in [0.29, 0.717) is 35.8 Å². The first-order valence-electron chi connectivity index (χ1n) is 11.3. The van der Waals surface area contributed by atoms with Crippen LogP contribution in [0.4, 0.5) is 5.95 Å². The molecule has 1 amide bonds. The van der Waals surface area contributed by atoms with Crippen LogP contribution in [0, 0.1) is 5.41 Å². The third-order valence-corrected chi connectivity index (χ3v) is 7.01. The van der Waals surface area contributed by atoms with E-state index in [4.69, 9.17) is 9.72 Å². The van der Waals surface area contributed by atoms with Crippen molar-refractivity contribution < 1.29 is 9.53 Å². The third kappa shape index (κ3) is 4.35. The molecule has 1 aromatic carbocycles. The van der Waals surface area contributed by atoms with Crippen molar-refractivity contribution in [3.8, 4) is 5.69 Å². The SMILES string of the molecule is COCCNC(=O)[C@@]1(C)CC[C@@H](Nc2ncc3c(Br)nn(-c4ccc5ncccc5c4)c3n2)C1. The average Bonchev–Trinajstić information content (AvgIpc) is 3.39. The summed E-state index contributed by atoms with van der Waals surface area (Å²) in [6.45, 7) is 3.04. The molecule has 9 nitrogen and oxygen atoms in total. The van der Waals surface area contributed by atoms with Gasteiger partial charge in [-0.05, 0) is 59.5 Å². The average molecular weight is 524 g/mol. The molecule has 0 spiro atoms. The fourth-order valence-corrected chi connectivity index (χ4v) is 4.98. The van der Waals surface area contributed by atoms with Gasteiger partial charge in [-0.25, -0.2) is 9.67 Å². The largest absolute Gasteiger partial charge is 0.383 e. The van der Waals surface area contributed by atoms with Crippen LogP contribution in [0.2, 0.25) is 0 Å². The molecule has 0 bridgehead atoms. The second kappa shape index (κ2) is 9.27. The molecule has 0 aliphatic heterocycles. The highest BCUT2D eigenvalue weighted by Crippen LogP contribution is 2.39. The summed E-state index contributed by atoms with van der Waals surface area (Å²) in [5.41, 5.74) is 2.10. The molecule has 1 saturated carbocycles. The monoisotopic (exact) mass is 523 g/mol. The topological polar surface area (TPSA) is 107 Å². The molecule has 4 aromatic rings. The van der Waals surface area contributed by atoms with Crippen molar-refractivity contribution in [3.05, 3.63) is 47.3 Å². The van der Waals surface area contributed by atoms with Gasteiger partial charge in [0.05, 0.1) is 23.2 Å². The number of ether oxygens (including phenoxy) is 1. The highest BCUT2D eigenvalue weighted by molar-refractivity contribution is 9.10. The zero-order chi connectivity index (χ0) is 23.7. The highest BCUT2D eigenvalue weighted by atomic mass is 79.9. The highest BCUT2D eigenvalue weighted by Gasteiger charge is 2.41. The number of aromatic nitrogens is 5. The van der Waals surface area contributed by atoms with Crippen LogP contribution in [0.5, 0.6) is 0 Å². The van der Waals surface area contributed by atoms with E-state index in [0.717, 1.165) is 34.8 Å². The predicted octanol–water partition coefficient (Wildman–Crippen LogP) is 3.86. The third-order valence-electron chi connectivity index (χ3n) is 6.43. The van der Waals surface area contributed by atoms with Gasteiger partial charge < -0.3 is 15.4 Å². The van der Waals surface area contributed by atoms with Crippen molar-refractivity contribution in [2.45, 2.75) is 32.2 Å². The Hall–Kier alpha value is -3.11. The number of fused-ring (bicyclic) bond motifs is 2. The Morgan fingerprint density at radius 1 is 1.32 bits per heavy atom. The second-order valence-corrected chi connectivity index (χ2v) is 9.66. The van der Waals surface area contributed by atoms with Gasteiger partial charge in [0.1, 0.15) is 4.60 Å². The molecule has 0 radical (unpaired) electrons. The number of nitrogens with zero attached hydrogens (tertiary/aromatic N) is 5. The molecule has 3 heterocycles. The molecule has 3 aromatic heterocycles. The molecule has 1 aliphatic carbocycles. The Morgan fingerprint density at radius 2 is 2.21 bits per heavy atom. The minimum atomic E-state index is -0.417. The number of pyridine rings is 1. The quantitative estimate of drug-likeness (QED) is 0.354. The molecule has 176 valence electrons. The van der Waals surface area contributed by atoms with Gasteiger partial charge in [0.15, 0.2) is 5.65 Å². The molecule has 1 fully saturated rings. The summed E-state index contributed by atoms with van der Waals surface area (Å²) in [6, 6.07) is 10.1. The number of amides is 1. The van der Waals surface area contributed by atoms with Crippen molar-refractivity contribution in [2.75, 3.05) is 25.6 Å². The molecule has 5 rings (SSSR count). The lowest BCUT2D eigenvalue weighted by molar-refractivity contribution is -0.130. The van der Waals surface area contributed by atoms with Gasteiger partial charge in [-0.1, -0.05) is 13.0 Å². The molecule has 2 atom stereocenters. The number of benzene rings is 1. The fourth-order valence-electron chi connectivity index (χ4n) is 4.55. The normalized spacial score (nSPS) is 20.1. The zero-order valence-electron chi connectivity index (χ0n) is 19.1. The van der Waals surface area contributed by atoms with Crippen molar-refractivity contribution >= 4 is 49.7 Å². The van der Waals surface area contributed by atoms with Gasteiger partial charge in [-0.3, -0.25) is 9.78 Å². The summed E-state index contributed by atoms with van der Waals surface area (Å²) in [4.78, 5) is 26.3. The van der Waals surface area contributed by atoms with Gasteiger partial charge in [-0.15, -0.1) is 0 Å². The number of hydrogen-bond acceptors (Lipinski definition) is 7. The number of carbonyl (C=O) groups is 1. The Kier molecular flexibility index (Phi) is 6.18. The number of anilines is 1. The van der Waals surface area contributed by atoms with Crippen LogP contribution in [-0.4, -0.2) is 56.9 Å². The predicted molar refractivity (Wildman–Crippen MR) is 134 cm³/mol. The van der Waals surface area contributed by atoms with Crippen LogP contribution in [0.15, 0.2) is 47.3 Å². The minimum Gasteiger partial charge on any atom is -0.383 e. The van der Waals surface area contributed by atoms with Crippen molar-refractivity contribution in [1.82, 2.24) is 30.0 Å². The molecular formula is C24H26BrN7O2. The van der Waals surface area contributed by atoms with Crippen LogP contribution in [0.1, 0.15) is 26.2 Å². The van der Waals surface area contributed by atoms with Crippen LogP contribution in [-0.2, 0) is 9.53 Å². The van der Waals surface area contributed by atoms with E-state index >= 15 is 0 Å². The zero-order valence-corrected chi connectivity index (χ0v) is 20.7. The van der Waals surface area contributed by atoms with Gasteiger partial charge >= 0.3 is 0 Å². The Labute approximate surface area is 205 Å². The first-order valence-corrected chi connectivity index (χ1v) is 12.1. The van der Waals surface area contributed by atoms with E-state index in [-0.39, 0.29) is 11.9 Å². The number of hydrogen-bond donors (Lipinski definition) is 2. The standard InChI is InChI=1S/C24H26BrN7O2/c1-24(22(33)27-10-11-34-2)8-7-16(13-24)29-23-28-14-18-20(25)31-32(21(18)30-23)17-5-6-19-15(12-17)4-3-9-26-19/h3-6,9,12,14,16H,7-8,10-11,13H2,1-2H3,(H,27,33)(H,28,29,30)/t16-,24+/m1/s1.